The number of rotatable bonds is 8. The molecular formula is C20H21N3O4S. The van der Waals surface area contributed by atoms with E-state index in [1.54, 1.807) is 13.8 Å². The molecule has 0 aliphatic heterocycles. The van der Waals surface area contributed by atoms with Gasteiger partial charge in [0.2, 0.25) is 5.89 Å². The molecule has 146 valence electrons. The van der Waals surface area contributed by atoms with Gasteiger partial charge in [-0.1, -0.05) is 11.8 Å². The van der Waals surface area contributed by atoms with Gasteiger partial charge in [0, 0.05) is 16.8 Å². The fraction of sp³-hybridized carbons (Fsp3) is 0.300. The van der Waals surface area contributed by atoms with Crippen molar-refractivity contribution in [1.29, 1.82) is 0 Å². The Kier molecular flexibility index (Phi) is 5.99. The van der Waals surface area contributed by atoms with E-state index in [9.17, 15) is 9.59 Å². The van der Waals surface area contributed by atoms with E-state index in [1.807, 2.05) is 31.2 Å². The molecular weight excluding hydrogens is 378 g/mol. The summed E-state index contributed by atoms with van der Waals surface area (Å²) in [6.07, 6.45) is 0. The highest BCUT2D eigenvalue weighted by molar-refractivity contribution is 7.99. The fourth-order valence-electron chi connectivity index (χ4n) is 3.00. The number of hydrogen-bond acceptors (Lipinski definition) is 7. The molecule has 0 aliphatic carbocycles. The van der Waals surface area contributed by atoms with Crippen LogP contribution in [-0.2, 0) is 0 Å². The molecule has 0 bridgehead atoms. The van der Waals surface area contributed by atoms with E-state index >= 15 is 0 Å². The van der Waals surface area contributed by atoms with Crippen molar-refractivity contribution < 1.29 is 18.7 Å². The number of nitrogens with zero attached hydrogens (tertiary/aromatic N) is 2. The molecule has 0 unspecified atom stereocenters. The number of ketones is 2. The number of benzene rings is 1. The molecule has 0 fully saturated rings. The maximum atomic E-state index is 12.5. The zero-order valence-electron chi connectivity index (χ0n) is 16.2. The first-order valence-electron chi connectivity index (χ1n) is 8.83. The van der Waals surface area contributed by atoms with Crippen molar-refractivity contribution in [3.63, 3.8) is 0 Å². The van der Waals surface area contributed by atoms with Gasteiger partial charge < -0.3 is 14.1 Å². The zero-order valence-corrected chi connectivity index (χ0v) is 17.0. The lowest BCUT2D eigenvalue weighted by molar-refractivity contribution is 0.101. The van der Waals surface area contributed by atoms with E-state index in [4.69, 9.17) is 9.15 Å². The van der Waals surface area contributed by atoms with Crippen LogP contribution < -0.4 is 4.74 Å². The van der Waals surface area contributed by atoms with Gasteiger partial charge in [-0.3, -0.25) is 9.59 Å². The normalized spacial score (nSPS) is 10.9. The molecule has 0 aliphatic rings. The minimum absolute atomic E-state index is 0.0603. The smallest absolute Gasteiger partial charge is 0.277 e. The van der Waals surface area contributed by atoms with Crippen LogP contribution in [0.25, 0.3) is 11.5 Å². The molecule has 0 spiro atoms. The predicted octanol–water partition coefficient (Wildman–Crippen LogP) is 4.26. The molecule has 8 heteroatoms. The number of aromatic amines is 1. The molecule has 0 saturated carbocycles. The molecule has 0 saturated heterocycles. The Morgan fingerprint density at radius 1 is 1.18 bits per heavy atom. The van der Waals surface area contributed by atoms with Crippen LogP contribution in [0, 0.1) is 13.8 Å². The largest absolute Gasteiger partial charge is 0.494 e. The maximum Gasteiger partial charge on any atom is 0.277 e. The third kappa shape index (κ3) is 4.17. The molecule has 1 aromatic carbocycles. The van der Waals surface area contributed by atoms with Gasteiger partial charge in [-0.25, -0.2) is 0 Å². The third-order valence-electron chi connectivity index (χ3n) is 4.21. The van der Waals surface area contributed by atoms with Crippen LogP contribution in [0.15, 0.2) is 33.9 Å². The van der Waals surface area contributed by atoms with Gasteiger partial charge in [0.1, 0.15) is 5.75 Å². The number of H-pyrrole nitrogens is 1. The number of nitrogens with one attached hydrogen (secondary N) is 1. The summed E-state index contributed by atoms with van der Waals surface area (Å²) in [7, 11) is 0. The van der Waals surface area contributed by atoms with E-state index in [2.05, 4.69) is 15.2 Å². The Labute approximate surface area is 166 Å². The van der Waals surface area contributed by atoms with Crippen LogP contribution >= 0.6 is 11.8 Å². The van der Waals surface area contributed by atoms with E-state index in [0.29, 0.717) is 40.2 Å². The molecule has 28 heavy (non-hydrogen) atoms. The Hall–Kier alpha value is -2.87. The molecule has 2 aromatic heterocycles. The van der Waals surface area contributed by atoms with E-state index in [-0.39, 0.29) is 17.3 Å². The molecule has 1 N–H and O–H groups in total. The van der Waals surface area contributed by atoms with Gasteiger partial charge in [0.05, 0.1) is 18.1 Å². The number of Topliss-reactive ketones (excluding diaryl/α,β-unsaturated/α-hetero) is 2. The van der Waals surface area contributed by atoms with E-state index in [0.717, 1.165) is 23.1 Å². The van der Waals surface area contributed by atoms with E-state index < -0.39 is 0 Å². The van der Waals surface area contributed by atoms with Crippen LogP contribution in [0.1, 0.15) is 46.0 Å². The predicted molar refractivity (Wildman–Crippen MR) is 106 cm³/mol. The highest BCUT2D eigenvalue weighted by Gasteiger charge is 2.20. The van der Waals surface area contributed by atoms with Crippen LogP contribution in [0.2, 0.25) is 0 Å². The summed E-state index contributed by atoms with van der Waals surface area (Å²) < 4.78 is 11.0. The monoisotopic (exact) mass is 399 g/mol. The lowest BCUT2D eigenvalue weighted by Gasteiger charge is -2.02. The third-order valence-corrected chi connectivity index (χ3v) is 5.03. The summed E-state index contributed by atoms with van der Waals surface area (Å²) in [5, 5.41) is 8.33. The summed E-state index contributed by atoms with van der Waals surface area (Å²) in [5.74, 6) is 1.09. The van der Waals surface area contributed by atoms with Crippen molar-refractivity contribution in [2.45, 2.75) is 32.9 Å². The number of aryl methyl sites for hydroxylation is 1. The molecule has 0 amide bonds. The van der Waals surface area contributed by atoms with Crippen LogP contribution in [0.5, 0.6) is 5.75 Å². The molecule has 3 rings (SSSR count). The lowest BCUT2D eigenvalue weighted by Crippen LogP contribution is -2.05. The quantitative estimate of drug-likeness (QED) is 0.446. The standard InChI is InChI=1S/C20H21N3O4S/c1-5-26-15-8-6-14(7-9-15)19-22-23-20(27-19)28-10-16(25)18-11(2)17(13(4)24)12(3)21-18/h6-9,21H,5,10H2,1-4H3. The molecule has 3 aromatic rings. The highest BCUT2D eigenvalue weighted by atomic mass is 32.2. The number of carbonyl (C=O) groups excluding carboxylic acids is 2. The van der Waals surface area contributed by atoms with Crippen LogP contribution in [-0.4, -0.2) is 39.1 Å². The molecule has 0 atom stereocenters. The Morgan fingerprint density at radius 2 is 1.89 bits per heavy atom. The van der Waals surface area contributed by atoms with Gasteiger partial charge in [0.25, 0.3) is 5.22 Å². The van der Waals surface area contributed by atoms with Crippen molar-refractivity contribution in [2.24, 2.45) is 0 Å². The Balaban J connectivity index is 1.67. The summed E-state index contributed by atoms with van der Waals surface area (Å²) in [5.41, 5.74) is 3.17. The van der Waals surface area contributed by atoms with Crippen molar-refractivity contribution >= 4 is 23.3 Å². The number of ether oxygens (including phenoxy) is 1. The molecule has 2 heterocycles. The molecule has 7 nitrogen and oxygen atoms in total. The summed E-state index contributed by atoms with van der Waals surface area (Å²) in [4.78, 5) is 27.3. The van der Waals surface area contributed by atoms with Gasteiger partial charge in [-0.15, -0.1) is 10.2 Å². The van der Waals surface area contributed by atoms with Crippen LogP contribution in [0.3, 0.4) is 0 Å². The highest BCUT2D eigenvalue weighted by Crippen LogP contribution is 2.26. The number of thioether (sulfide) groups is 1. The maximum absolute atomic E-state index is 12.5. The second-order valence-electron chi connectivity index (χ2n) is 6.22. The number of aromatic nitrogens is 3. The average molecular weight is 399 g/mol. The van der Waals surface area contributed by atoms with Gasteiger partial charge in [0.15, 0.2) is 11.6 Å². The molecule has 0 radical (unpaired) electrons. The van der Waals surface area contributed by atoms with Gasteiger partial charge in [-0.2, -0.15) is 0 Å². The second kappa shape index (κ2) is 8.43. The first kappa shape index (κ1) is 19.9. The van der Waals surface area contributed by atoms with Crippen molar-refractivity contribution in [3.05, 3.63) is 46.8 Å². The summed E-state index contributed by atoms with van der Waals surface area (Å²) >= 11 is 1.16. The number of hydrogen-bond donors (Lipinski definition) is 1. The summed E-state index contributed by atoms with van der Waals surface area (Å²) in [6, 6.07) is 7.35. The minimum Gasteiger partial charge on any atom is -0.494 e. The average Bonchev–Trinajstić information content (AvgIpc) is 3.25. The number of carbonyl (C=O) groups is 2. The van der Waals surface area contributed by atoms with Crippen LogP contribution in [0.4, 0.5) is 0 Å². The van der Waals surface area contributed by atoms with E-state index in [1.165, 1.54) is 6.92 Å². The zero-order chi connectivity index (χ0) is 20.3. The Morgan fingerprint density at radius 3 is 2.50 bits per heavy atom. The SMILES string of the molecule is CCOc1ccc(-c2nnc(SCC(=O)c3[nH]c(C)c(C(C)=O)c3C)o2)cc1. The first-order valence-corrected chi connectivity index (χ1v) is 9.82. The summed E-state index contributed by atoms with van der Waals surface area (Å²) in [6.45, 7) is 7.58. The van der Waals surface area contributed by atoms with Crippen molar-refractivity contribution in [3.8, 4) is 17.2 Å². The van der Waals surface area contributed by atoms with Gasteiger partial charge in [-0.05, 0) is 57.5 Å². The first-order chi connectivity index (χ1) is 13.4. The Bertz CT molecular complexity index is 1010. The lowest BCUT2D eigenvalue weighted by atomic mass is 10.1. The van der Waals surface area contributed by atoms with Crippen molar-refractivity contribution in [1.82, 2.24) is 15.2 Å². The topological polar surface area (TPSA) is 98.1 Å². The minimum atomic E-state index is -0.126. The fourth-order valence-corrected chi connectivity index (χ4v) is 3.64. The second-order valence-corrected chi connectivity index (χ2v) is 7.15. The van der Waals surface area contributed by atoms with Gasteiger partial charge >= 0.3 is 0 Å². The van der Waals surface area contributed by atoms with Crippen molar-refractivity contribution in [2.75, 3.05) is 12.4 Å².